The van der Waals surface area contributed by atoms with E-state index in [1.807, 2.05) is 28.3 Å². The molecule has 0 bridgehead atoms. The molecule has 2 amide bonds. The third-order valence-corrected chi connectivity index (χ3v) is 6.02. The summed E-state index contributed by atoms with van der Waals surface area (Å²) in [7, 11) is 0. The molecule has 3 heterocycles. The first-order valence-corrected chi connectivity index (χ1v) is 9.72. The van der Waals surface area contributed by atoms with Crippen molar-refractivity contribution in [3.05, 3.63) is 34.7 Å². The Kier molecular flexibility index (Phi) is 4.33. The van der Waals surface area contributed by atoms with Crippen LogP contribution in [0.3, 0.4) is 0 Å². The van der Waals surface area contributed by atoms with Crippen LogP contribution in [-0.2, 0) is 4.79 Å². The number of amides is 2. The maximum atomic E-state index is 12.8. The Morgan fingerprint density at radius 2 is 2.16 bits per heavy atom. The molecule has 0 radical (unpaired) electrons. The van der Waals surface area contributed by atoms with Gasteiger partial charge in [-0.1, -0.05) is 6.07 Å². The molecule has 1 aliphatic heterocycles. The van der Waals surface area contributed by atoms with Gasteiger partial charge in [-0.3, -0.25) is 9.59 Å². The molecule has 2 atom stereocenters. The van der Waals surface area contributed by atoms with Crippen LogP contribution in [0.1, 0.15) is 48.3 Å². The zero-order valence-electron chi connectivity index (χ0n) is 14.2. The highest BCUT2D eigenvalue weighted by atomic mass is 32.1. The number of carbonyl (C=O) groups is 2. The van der Waals surface area contributed by atoms with E-state index in [4.69, 9.17) is 0 Å². The van der Waals surface area contributed by atoms with E-state index >= 15 is 0 Å². The van der Waals surface area contributed by atoms with Crippen molar-refractivity contribution in [1.29, 1.82) is 0 Å². The number of nitrogens with zero attached hydrogens (tertiary/aromatic N) is 3. The topological polar surface area (TPSA) is 67.2 Å². The molecule has 1 saturated heterocycles. The second kappa shape index (κ2) is 6.63. The first-order valence-electron chi connectivity index (χ1n) is 8.84. The fourth-order valence-electron chi connectivity index (χ4n) is 3.55. The summed E-state index contributed by atoms with van der Waals surface area (Å²) in [5.74, 6) is 1.21. The van der Waals surface area contributed by atoms with Gasteiger partial charge < -0.3 is 10.2 Å². The third-order valence-electron chi connectivity index (χ3n) is 5.16. The van der Waals surface area contributed by atoms with Gasteiger partial charge in [-0.25, -0.2) is 4.68 Å². The van der Waals surface area contributed by atoms with Gasteiger partial charge in [0.15, 0.2) is 0 Å². The summed E-state index contributed by atoms with van der Waals surface area (Å²) in [5.41, 5.74) is 0. The van der Waals surface area contributed by atoms with Crippen LogP contribution in [0.5, 0.6) is 0 Å². The summed E-state index contributed by atoms with van der Waals surface area (Å²) in [6.07, 6.45) is 5.72. The van der Waals surface area contributed by atoms with Gasteiger partial charge in [-0.2, -0.15) is 5.10 Å². The average Bonchev–Trinajstić information content (AvgIpc) is 3.05. The first-order chi connectivity index (χ1) is 12.1. The standard InChI is InChI=1S/C18H22N4O2S/c1-12(13-6-7-13)22-16(8-9-19-22)20-17(23)14-4-2-10-21(14)18(24)15-5-3-11-25-15/h3,5,8-9,11-14H,2,4,6-7,10H2,1H3,(H,20,23). The number of rotatable bonds is 5. The molecule has 0 aromatic carbocycles. The van der Waals surface area contributed by atoms with E-state index in [1.165, 1.54) is 24.2 Å². The van der Waals surface area contributed by atoms with Crippen molar-refractivity contribution in [3.63, 3.8) is 0 Å². The van der Waals surface area contributed by atoms with E-state index in [2.05, 4.69) is 17.3 Å². The predicted octanol–water partition coefficient (Wildman–Crippen LogP) is 3.16. The number of anilines is 1. The highest BCUT2D eigenvalue weighted by molar-refractivity contribution is 7.12. The number of hydrogen-bond acceptors (Lipinski definition) is 4. The number of carbonyl (C=O) groups excluding carboxylic acids is 2. The summed E-state index contributed by atoms with van der Waals surface area (Å²) >= 11 is 1.42. The molecule has 2 unspecified atom stereocenters. The molecule has 1 saturated carbocycles. The Balaban J connectivity index is 1.47. The number of hydrogen-bond donors (Lipinski definition) is 1. The molecule has 2 aliphatic rings. The molecule has 25 heavy (non-hydrogen) atoms. The number of nitrogens with one attached hydrogen (secondary N) is 1. The van der Waals surface area contributed by atoms with Crippen LogP contribution in [0.15, 0.2) is 29.8 Å². The maximum Gasteiger partial charge on any atom is 0.264 e. The third kappa shape index (κ3) is 3.20. The quantitative estimate of drug-likeness (QED) is 0.893. The Bertz CT molecular complexity index is 766. The molecule has 2 fully saturated rings. The number of likely N-dealkylation sites (tertiary alicyclic amines) is 1. The highest BCUT2D eigenvalue weighted by Gasteiger charge is 2.36. The molecule has 0 spiro atoms. The second-order valence-electron chi connectivity index (χ2n) is 6.86. The Hall–Kier alpha value is -2.15. The minimum absolute atomic E-state index is 0.0486. The van der Waals surface area contributed by atoms with Crippen LogP contribution in [-0.4, -0.2) is 39.1 Å². The van der Waals surface area contributed by atoms with Gasteiger partial charge in [0.2, 0.25) is 5.91 Å². The lowest BCUT2D eigenvalue weighted by molar-refractivity contribution is -0.119. The van der Waals surface area contributed by atoms with E-state index in [1.54, 1.807) is 11.1 Å². The van der Waals surface area contributed by atoms with Crippen LogP contribution in [0.4, 0.5) is 5.82 Å². The van der Waals surface area contributed by atoms with Gasteiger partial charge in [0, 0.05) is 12.6 Å². The minimum Gasteiger partial charge on any atom is -0.326 e. The molecule has 132 valence electrons. The zero-order chi connectivity index (χ0) is 17.4. The molecular formula is C18H22N4O2S. The van der Waals surface area contributed by atoms with Crippen molar-refractivity contribution in [2.24, 2.45) is 5.92 Å². The highest BCUT2D eigenvalue weighted by Crippen LogP contribution is 2.40. The van der Waals surface area contributed by atoms with E-state index < -0.39 is 6.04 Å². The fraction of sp³-hybridized carbons (Fsp3) is 0.500. The molecule has 6 nitrogen and oxygen atoms in total. The lowest BCUT2D eigenvalue weighted by Crippen LogP contribution is -2.43. The van der Waals surface area contributed by atoms with Crippen LogP contribution < -0.4 is 5.32 Å². The molecule has 1 aliphatic carbocycles. The largest absolute Gasteiger partial charge is 0.326 e. The van der Waals surface area contributed by atoms with Crippen molar-refractivity contribution in [3.8, 4) is 0 Å². The fourth-order valence-corrected chi connectivity index (χ4v) is 4.23. The van der Waals surface area contributed by atoms with Crippen LogP contribution >= 0.6 is 11.3 Å². The summed E-state index contributed by atoms with van der Waals surface area (Å²) in [6.45, 7) is 2.77. The lowest BCUT2D eigenvalue weighted by atomic mass is 10.2. The first kappa shape index (κ1) is 16.3. The SMILES string of the molecule is CC(C1CC1)n1nccc1NC(=O)C1CCCN1C(=O)c1cccs1. The molecule has 7 heteroatoms. The van der Waals surface area contributed by atoms with Gasteiger partial charge in [0.05, 0.1) is 17.1 Å². The van der Waals surface area contributed by atoms with Gasteiger partial charge in [-0.05, 0) is 50.0 Å². The van der Waals surface area contributed by atoms with Crippen LogP contribution in [0.2, 0.25) is 0 Å². The smallest absolute Gasteiger partial charge is 0.264 e. The molecule has 2 aromatic heterocycles. The minimum atomic E-state index is -0.408. The average molecular weight is 358 g/mol. The van der Waals surface area contributed by atoms with Crippen molar-refractivity contribution in [1.82, 2.24) is 14.7 Å². The van der Waals surface area contributed by atoms with Crippen molar-refractivity contribution in [2.45, 2.75) is 44.7 Å². The van der Waals surface area contributed by atoms with Crippen molar-refractivity contribution in [2.75, 3.05) is 11.9 Å². The molecule has 2 aromatic rings. The normalized spacial score (nSPS) is 21.3. The van der Waals surface area contributed by atoms with Crippen LogP contribution in [0.25, 0.3) is 0 Å². The predicted molar refractivity (Wildman–Crippen MR) is 96.7 cm³/mol. The Morgan fingerprint density at radius 3 is 2.88 bits per heavy atom. The van der Waals surface area contributed by atoms with E-state index in [9.17, 15) is 9.59 Å². The van der Waals surface area contributed by atoms with E-state index in [-0.39, 0.29) is 17.9 Å². The van der Waals surface area contributed by atoms with Crippen molar-refractivity contribution < 1.29 is 9.59 Å². The van der Waals surface area contributed by atoms with Gasteiger partial charge in [0.1, 0.15) is 11.9 Å². The van der Waals surface area contributed by atoms with E-state index in [0.717, 1.165) is 12.2 Å². The van der Waals surface area contributed by atoms with Gasteiger partial charge in [0.25, 0.3) is 5.91 Å². The second-order valence-corrected chi connectivity index (χ2v) is 7.81. The summed E-state index contributed by atoms with van der Waals surface area (Å²) in [4.78, 5) is 27.8. The molecule has 4 rings (SSSR count). The molecular weight excluding hydrogens is 336 g/mol. The monoisotopic (exact) mass is 358 g/mol. The lowest BCUT2D eigenvalue weighted by Gasteiger charge is -2.24. The zero-order valence-corrected chi connectivity index (χ0v) is 15.0. The number of thiophene rings is 1. The molecule has 1 N–H and O–H groups in total. The summed E-state index contributed by atoms with van der Waals surface area (Å²) in [5, 5.41) is 9.26. The van der Waals surface area contributed by atoms with E-state index in [0.29, 0.717) is 23.8 Å². The van der Waals surface area contributed by atoms with Crippen molar-refractivity contribution >= 4 is 29.0 Å². The van der Waals surface area contributed by atoms with Gasteiger partial charge >= 0.3 is 0 Å². The summed E-state index contributed by atoms with van der Waals surface area (Å²) in [6, 6.07) is 5.39. The van der Waals surface area contributed by atoms with Gasteiger partial charge in [-0.15, -0.1) is 11.3 Å². The Morgan fingerprint density at radius 1 is 1.32 bits per heavy atom. The number of aromatic nitrogens is 2. The van der Waals surface area contributed by atoms with Crippen LogP contribution in [0, 0.1) is 5.92 Å². The maximum absolute atomic E-state index is 12.8. The summed E-state index contributed by atoms with van der Waals surface area (Å²) < 4.78 is 1.90. The Labute approximate surface area is 150 Å².